The molecule has 2 aliphatic heterocycles. The number of rotatable bonds is 25. The van der Waals surface area contributed by atoms with Gasteiger partial charge < -0.3 is 10.2 Å². The molecule has 17 nitrogen and oxygen atoms in total. The Morgan fingerprint density at radius 2 is 1.32 bits per heavy atom. The maximum Gasteiger partial charge on any atom is 0.294 e. The van der Waals surface area contributed by atoms with E-state index in [1.54, 1.807) is 42.5 Å². The molecule has 1 amide bonds. The van der Waals surface area contributed by atoms with Crippen LogP contribution < -0.4 is 10.2 Å². The number of hydrogen-bond acceptors (Lipinski definition) is 11. The van der Waals surface area contributed by atoms with Crippen LogP contribution in [0.15, 0.2) is 94.4 Å². The highest BCUT2D eigenvalue weighted by atomic mass is 32.2. The molecule has 4 rings (SSSR count). The lowest BCUT2D eigenvalue weighted by Crippen LogP contribution is -2.38. The van der Waals surface area contributed by atoms with Crippen molar-refractivity contribution in [3.63, 3.8) is 0 Å². The number of nitrogens with one attached hydrogen (secondary N) is 1. The average molecular weight is 1040 g/mol. The summed E-state index contributed by atoms with van der Waals surface area (Å²) >= 11 is 0. The number of benzene rings is 2. The number of allylic oxidation sites excluding steroid dienone is 8. The molecular weight excluding hydrogens is 969 g/mol. The van der Waals surface area contributed by atoms with Gasteiger partial charge in [-0.15, -0.1) is 0 Å². The Morgan fingerprint density at radius 3 is 1.94 bits per heavy atom. The maximum atomic E-state index is 13.9. The van der Waals surface area contributed by atoms with Crippen molar-refractivity contribution in [1.82, 2.24) is 9.62 Å². The average Bonchev–Trinajstić information content (AvgIpc) is 3.57. The van der Waals surface area contributed by atoms with Crippen LogP contribution in [0, 0.1) is 5.41 Å². The van der Waals surface area contributed by atoms with Gasteiger partial charge in [0.25, 0.3) is 30.4 Å². The minimum atomic E-state index is -4.49. The highest BCUT2D eigenvalue weighted by Gasteiger charge is 2.45. The first-order valence-electron chi connectivity index (χ1n) is 22.9. The number of carbonyl (C=O) groups is 2. The second kappa shape index (κ2) is 22.8. The first-order chi connectivity index (χ1) is 31.8. The Bertz CT molecular complexity index is 2860. The molecule has 21 heteroatoms. The predicted octanol–water partition coefficient (Wildman–Crippen LogP) is 6.91. The van der Waals surface area contributed by atoms with E-state index in [1.807, 2.05) is 76.2 Å². The van der Waals surface area contributed by atoms with Gasteiger partial charge in [-0.2, -0.15) is 34.1 Å². The van der Waals surface area contributed by atoms with Gasteiger partial charge in [-0.1, -0.05) is 71.4 Å². The summed E-state index contributed by atoms with van der Waals surface area (Å²) in [5, 5.41) is 2.77. The molecule has 4 N–H and O–H groups in total. The van der Waals surface area contributed by atoms with Gasteiger partial charge in [0.2, 0.25) is 21.6 Å². The number of likely N-dealkylation sites (N-methyl/N-ethyl adjacent to an activating group) is 1. The smallest absolute Gasteiger partial charge is 0.294 e. The number of ketones is 1. The van der Waals surface area contributed by atoms with E-state index in [0.29, 0.717) is 68.6 Å². The molecule has 0 aliphatic carbocycles. The zero-order chi connectivity index (χ0) is 51.8. The number of sulfonamides is 1. The lowest BCUT2D eigenvalue weighted by molar-refractivity contribution is -0.438. The number of fused-ring (bicyclic) bond motifs is 2. The lowest BCUT2D eigenvalue weighted by Gasteiger charge is -2.27. The van der Waals surface area contributed by atoms with E-state index in [2.05, 4.69) is 5.32 Å². The van der Waals surface area contributed by atoms with Crippen molar-refractivity contribution in [2.75, 3.05) is 49.6 Å². The molecule has 0 aromatic heterocycles. The van der Waals surface area contributed by atoms with Crippen molar-refractivity contribution >= 4 is 69.2 Å². The molecule has 0 fully saturated rings. The normalized spacial score (nSPS) is 17.0. The quantitative estimate of drug-likeness (QED) is 0.0342. The minimum absolute atomic E-state index is 0.00655. The van der Waals surface area contributed by atoms with E-state index in [1.165, 1.54) is 25.2 Å². The summed E-state index contributed by atoms with van der Waals surface area (Å²) in [5.74, 6) is -1.09. The first kappa shape index (κ1) is 57.2. The van der Waals surface area contributed by atoms with Crippen LogP contribution in [0.2, 0.25) is 0 Å². The molecule has 2 aliphatic rings. The van der Waals surface area contributed by atoms with E-state index in [0.717, 1.165) is 27.8 Å². The molecule has 0 atom stereocenters. The molecule has 2 heterocycles. The number of Topliss-reactive ketones (excluding diaryl/α,β-unsaturated/α-hetero) is 1. The summed E-state index contributed by atoms with van der Waals surface area (Å²) in [6.45, 7) is 14.0. The molecule has 69 heavy (non-hydrogen) atoms. The summed E-state index contributed by atoms with van der Waals surface area (Å²) in [4.78, 5) is 26.7. The van der Waals surface area contributed by atoms with Gasteiger partial charge in [-0.25, -0.2) is 8.42 Å². The van der Waals surface area contributed by atoms with Gasteiger partial charge in [0.15, 0.2) is 5.71 Å². The fourth-order valence-electron chi connectivity index (χ4n) is 8.42. The standard InChI is InChI=1S/C48H68N4O13S4/c1-46(2,3)44(53)23-15-12-16-28-49-45(54)35-50(8)68(61,62)36-24-26-40-38(33-36)47(4,5)42(51(40)29-17-19-31-66(55,56)57)21-13-10-9-11-14-22-43-48(6,7)39-34-37(69(63,64)65)25-27-41(39)52(43)30-18-20-32-67(58,59)60/h9-11,13-14,21-22,24-27,33-34H,12,15-20,23,28-32,35H2,1-8H3,(H3-,49,54,55,56,57,58,59,60,63,64,65)/p+1. The van der Waals surface area contributed by atoms with E-state index in [4.69, 9.17) is 0 Å². The molecule has 2 aromatic rings. The topological polar surface area (TPSA) is 253 Å². The summed E-state index contributed by atoms with van der Waals surface area (Å²) in [5.41, 5.74) is 2.47. The summed E-state index contributed by atoms with van der Waals surface area (Å²) in [7, 11) is -15.6. The van der Waals surface area contributed by atoms with Gasteiger partial charge in [0.1, 0.15) is 12.3 Å². The second-order valence-corrected chi connectivity index (χ2v) is 26.1. The number of unbranched alkanes of at least 4 members (excludes halogenated alkanes) is 4. The number of amides is 1. The van der Waals surface area contributed by atoms with Crippen molar-refractivity contribution < 1.29 is 61.5 Å². The lowest BCUT2D eigenvalue weighted by atomic mass is 9.81. The van der Waals surface area contributed by atoms with E-state index in [-0.39, 0.29) is 28.4 Å². The van der Waals surface area contributed by atoms with Crippen LogP contribution in [0.25, 0.3) is 0 Å². The third-order valence-corrected chi connectivity index (χ3v) is 16.6. The van der Waals surface area contributed by atoms with Crippen LogP contribution in [-0.4, -0.2) is 118 Å². The van der Waals surface area contributed by atoms with Crippen LogP contribution >= 0.6 is 0 Å². The number of anilines is 1. The number of nitrogens with zero attached hydrogens (tertiary/aromatic N) is 3. The SMILES string of the molecule is CN(CC(=O)NCCCCCC(=O)C(C)(C)C)S(=O)(=O)c1ccc2c(c1)C(C)(C)C(/C=C/C=C/C=C/C=C1/N(CCCCS(=O)(=O)O)c3ccc(S(=O)(=O)O)cc3C1(C)C)=[N+]2CCCCS(=O)(=O)O. The minimum Gasteiger partial charge on any atom is -0.355 e. The van der Waals surface area contributed by atoms with E-state index >= 15 is 0 Å². The van der Waals surface area contributed by atoms with Crippen molar-refractivity contribution in [1.29, 1.82) is 0 Å². The summed E-state index contributed by atoms with van der Waals surface area (Å²) in [6.07, 6.45) is 16.5. The number of carbonyl (C=O) groups excluding carboxylic acids is 2. The summed E-state index contributed by atoms with van der Waals surface area (Å²) in [6, 6.07) is 9.10. The van der Waals surface area contributed by atoms with Gasteiger partial charge in [-0.05, 0) is 87.9 Å². The highest BCUT2D eigenvalue weighted by molar-refractivity contribution is 7.89. The van der Waals surface area contributed by atoms with Crippen molar-refractivity contribution in [2.45, 2.75) is 120 Å². The Morgan fingerprint density at radius 1 is 0.725 bits per heavy atom. The highest BCUT2D eigenvalue weighted by Crippen LogP contribution is 2.48. The summed E-state index contributed by atoms with van der Waals surface area (Å²) < 4.78 is 129. The maximum absolute atomic E-state index is 13.9. The third kappa shape index (κ3) is 15.6. The van der Waals surface area contributed by atoms with Gasteiger partial charge in [-0.3, -0.25) is 23.2 Å². The van der Waals surface area contributed by atoms with Gasteiger partial charge in [0, 0.05) is 72.9 Å². The first-order valence-corrected chi connectivity index (χ1v) is 29.0. The Balaban J connectivity index is 1.53. The molecular formula is C48H69N4O13S4+. The van der Waals surface area contributed by atoms with E-state index in [9.17, 15) is 56.9 Å². The fraction of sp³-hybridized carbons (Fsp3) is 0.521. The zero-order valence-corrected chi connectivity index (χ0v) is 44.1. The zero-order valence-electron chi connectivity index (χ0n) is 40.8. The van der Waals surface area contributed by atoms with Crippen LogP contribution in [0.1, 0.15) is 111 Å². The molecule has 0 bridgehead atoms. The molecule has 0 saturated heterocycles. The molecule has 382 valence electrons. The van der Waals surface area contributed by atoms with E-state index < -0.39 is 80.6 Å². The number of hydrogen-bond donors (Lipinski definition) is 4. The van der Waals surface area contributed by atoms with Crippen LogP contribution in [-0.2, 0) is 60.8 Å². The molecule has 0 radical (unpaired) electrons. The van der Waals surface area contributed by atoms with Crippen molar-refractivity contribution in [3.05, 3.63) is 95.8 Å². The van der Waals surface area contributed by atoms with Gasteiger partial charge >= 0.3 is 0 Å². The largest absolute Gasteiger partial charge is 0.355 e. The molecule has 0 spiro atoms. The molecule has 0 unspecified atom stereocenters. The molecule has 2 aromatic carbocycles. The Hall–Kier alpha value is -4.35. The van der Waals surface area contributed by atoms with Crippen molar-refractivity contribution in [3.8, 4) is 0 Å². The monoisotopic (exact) mass is 1040 g/mol. The predicted molar refractivity (Wildman–Crippen MR) is 268 cm³/mol. The third-order valence-electron chi connectivity index (χ3n) is 12.4. The van der Waals surface area contributed by atoms with Crippen LogP contribution in [0.5, 0.6) is 0 Å². The Labute approximate surface area is 409 Å². The van der Waals surface area contributed by atoms with Crippen LogP contribution in [0.4, 0.5) is 11.4 Å². The Kier molecular flexibility index (Phi) is 18.9. The fourth-order valence-corrected chi connectivity index (χ4v) is 11.2. The molecule has 0 saturated carbocycles. The van der Waals surface area contributed by atoms with Crippen LogP contribution in [0.3, 0.4) is 0 Å². The van der Waals surface area contributed by atoms with Crippen molar-refractivity contribution in [2.24, 2.45) is 5.41 Å². The van der Waals surface area contributed by atoms with Gasteiger partial charge in [0.05, 0.1) is 33.3 Å². The second-order valence-electron chi connectivity index (χ2n) is 19.5.